The summed E-state index contributed by atoms with van der Waals surface area (Å²) in [7, 11) is 3.24. The number of hydrogen-bond donors (Lipinski definition) is 1. The lowest BCUT2D eigenvalue weighted by atomic mass is 9.99. The van der Waals surface area contributed by atoms with Crippen molar-refractivity contribution >= 4 is 34.2 Å². The molecule has 0 aliphatic heterocycles. The number of anilines is 2. The molecular formula is C37H35F2N5O4. The molecule has 3 heterocycles. The van der Waals surface area contributed by atoms with E-state index in [1.165, 1.54) is 0 Å². The second kappa shape index (κ2) is 13.3. The SMILES string of the molecule is CCC(=O)c1cc(C)c(-c2cc3cnc(NC(=O)[C@H]4CC4(F)F)cc3nc2N(Cc2ccc(OC)cc2)Cc2ccc(OC)cc2)cn1. The Morgan fingerprint density at radius 2 is 1.50 bits per heavy atom. The van der Waals surface area contributed by atoms with Crippen LogP contribution in [-0.4, -0.2) is 46.8 Å². The van der Waals surface area contributed by atoms with Gasteiger partial charge in [-0.25, -0.2) is 18.7 Å². The fraction of sp³-hybridized carbons (Fsp3) is 0.270. The van der Waals surface area contributed by atoms with Crippen LogP contribution in [-0.2, 0) is 17.9 Å². The van der Waals surface area contributed by atoms with Crippen molar-refractivity contribution in [3.8, 4) is 22.6 Å². The Balaban J connectivity index is 1.48. The number of rotatable bonds is 12. The number of aromatic nitrogens is 3. The van der Waals surface area contributed by atoms with Crippen LogP contribution in [0.3, 0.4) is 0 Å². The highest BCUT2D eigenvalue weighted by Crippen LogP contribution is 2.49. The Kier molecular flexibility index (Phi) is 9.03. The van der Waals surface area contributed by atoms with Crippen molar-refractivity contribution in [1.29, 1.82) is 0 Å². The molecule has 1 N–H and O–H groups in total. The first-order chi connectivity index (χ1) is 23.1. The summed E-state index contributed by atoms with van der Waals surface area (Å²) in [5.41, 5.74) is 5.31. The zero-order valence-electron chi connectivity index (χ0n) is 27.1. The summed E-state index contributed by atoms with van der Waals surface area (Å²) in [5.74, 6) is -2.95. The van der Waals surface area contributed by atoms with E-state index in [4.69, 9.17) is 14.5 Å². The molecule has 246 valence electrons. The molecule has 5 aromatic rings. The number of ether oxygens (including phenoxy) is 2. The minimum absolute atomic E-state index is 0.0510. The lowest BCUT2D eigenvalue weighted by Crippen LogP contribution is -2.24. The Labute approximate surface area is 277 Å². The van der Waals surface area contributed by atoms with Gasteiger partial charge in [0.2, 0.25) is 5.91 Å². The molecule has 1 saturated carbocycles. The van der Waals surface area contributed by atoms with Gasteiger partial charge in [0.1, 0.15) is 34.7 Å². The molecule has 1 atom stereocenters. The molecule has 1 aliphatic rings. The molecule has 11 heteroatoms. The molecule has 0 unspecified atom stereocenters. The standard InChI is InChI=1S/C37H35F2N5O4/c1-5-33(45)32-14-22(2)29(19-40-32)28-15-25-18-41-34(43-36(46)30-17-37(30,38)39)16-31(25)42-35(28)44(20-23-6-10-26(47-3)11-7-23)21-24-8-12-27(48-4)13-9-24/h6-16,18-19,30H,5,17,20-21H2,1-4H3,(H,41,43,46)/t30-/m1/s1. The van der Waals surface area contributed by atoms with Gasteiger partial charge in [0.05, 0.1) is 19.7 Å². The Morgan fingerprint density at radius 3 is 2.02 bits per heavy atom. The third kappa shape index (κ3) is 6.95. The minimum Gasteiger partial charge on any atom is -0.497 e. The van der Waals surface area contributed by atoms with Gasteiger partial charge < -0.3 is 19.7 Å². The summed E-state index contributed by atoms with van der Waals surface area (Å²) in [4.78, 5) is 41.0. The average molecular weight is 652 g/mol. The molecule has 1 amide bonds. The fourth-order valence-corrected chi connectivity index (χ4v) is 5.56. The number of amides is 1. The van der Waals surface area contributed by atoms with Crippen LogP contribution in [0.15, 0.2) is 79.1 Å². The fourth-order valence-electron chi connectivity index (χ4n) is 5.56. The number of aryl methyl sites for hydroxylation is 1. The number of methoxy groups -OCH3 is 2. The van der Waals surface area contributed by atoms with E-state index in [0.29, 0.717) is 41.9 Å². The minimum atomic E-state index is -2.99. The van der Waals surface area contributed by atoms with E-state index in [0.717, 1.165) is 39.3 Å². The first-order valence-corrected chi connectivity index (χ1v) is 15.6. The Bertz CT molecular complexity index is 1930. The zero-order valence-corrected chi connectivity index (χ0v) is 27.1. The molecular weight excluding hydrogens is 616 g/mol. The number of nitrogens with zero attached hydrogens (tertiary/aromatic N) is 4. The normalized spacial score (nSPS) is 14.8. The van der Waals surface area contributed by atoms with Crippen molar-refractivity contribution in [2.75, 3.05) is 24.4 Å². The van der Waals surface area contributed by atoms with Crippen LogP contribution >= 0.6 is 0 Å². The van der Waals surface area contributed by atoms with E-state index in [1.807, 2.05) is 61.5 Å². The van der Waals surface area contributed by atoms with Crippen molar-refractivity contribution < 1.29 is 27.8 Å². The number of carbonyl (C=O) groups is 2. The molecule has 0 radical (unpaired) electrons. The number of ketones is 1. The van der Waals surface area contributed by atoms with E-state index in [9.17, 15) is 18.4 Å². The topological polar surface area (TPSA) is 107 Å². The van der Waals surface area contributed by atoms with Gasteiger partial charge >= 0.3 is 0 Å². The number of carbonyl (C=O) groups excluding carboxylic acids is 2. The van der Waals surface area contributed by atoms with Gasteiger partial charge in [-0.15, -0.1) is 0 Å². The van der Waals surface area contributed by atoms with Gasteiger partial charge in [-0.1, -0.05) is 31.2 Å². The zero-order chi connectivity index (χ0) is 34.0. The van der Waals surface area contributed by atoms with E-state index in [2.05, 4.69) is 20.2 Å². The number of halogens is 2. The van der Waals surface area contributed by atoms with Gasteiger partial charge in [-0.05, 0) is 60.0 Å². The van der Waals surface area contributed by atoms with Crippen LogP contribution < -0.4 is 19.7 Å². The molecule has 0 saturated heterocycles. The van der Waals surface area contributed by atoms with Crippen molar-refractivity contribution in [3.63, 3.8) is 0 Å². The smallest absolute Gasteiger partial charge is 0.260 e. The molecule has 1 aliphatic carbocycles. The second-order valence-electron chi connectivity index (χ2n) is 11.8. The molecule has 2 aromatic carbocycles. The van der Waals surface area contributed by atoms with Crippen LogP contribution in [0, 0.1) is 12.8 Å². The number of alkyl halides is 2. The molecule has 9 nitrogen and oxygen atoms in total. The van der Waals surface area contributed by atoms with E-state index in [1.54, 1.807) is 45.7 Å². The number of nitrogens with one attached hydrogen (secondary N) is 1. The summed E-state index contributed by atoms with van der Waals surface area (Å²) in [6, 6.07) is 20.9. The first kappa shape index (κ1) is 32.5. The largest absolute Gasteiger partial charge is 0.497 e. The molecule has 1 fully saturated rings. The molecule has 3 aromatic heterocycles. The number of Topliss-reactive ketones (excluding diaryl/α,β-unsaturated/α-hetero) is 1. The van der Waals surface area contributed by atoms with Crippen molar-refractivity contribution in [2.24, 2.45) is 5.92 Å². The van der Waals surface area contributed by atoms with Crippen LogP contribution in [0.25, 0.3) is 22.0 Å². The van der Waals surface area contributed by atoms with Crippen molar-refractivity contribution in [3.05, 3.63) is 102 Å². The predicted octanol–water partition coefficient (Wildman–Crippen LogP) is 7.41. The van der Waals surface area contributed by atoms with Gasteiger partial charge in [-0.2, -0.15) is 0 Å². The van der Waals surface area contributed by atoms with E-state index in [-0.39, 0.29) is 11.6 Å². The summed E-state index contributed by atoms with van der Waals surface area (Å²) >= 11 is 0. The average Bonchev–Trinajstić information content (AvgIpc) is 3.75. The first-order valence-electron chi connectivity index (χ1n) is 15.6. The highest BCUT2D eigenvalue weighted by atomic mass is 19.3. The van der Waals surface area contributed by atoms with Gasteiger partial charge in [-0.3, -0.25) is 14.6 Å². The molecule has 0 spiro atoms. The molecule has 0 bridgehead atoms. The highest BCUT2D eigenvalue weighted by Gasteiger charge is 2.61. The van der Waals surface area contributed by atoms with Gasteiger partial charge in [0.25, 0.3) is 5.92 Å². The number of fused-ring (bicyclic) bond motifs is 1. The summed E-state index contributed by atoms with van der Waals surface area (Å²) in [6.45, 7) is 4.66. The Hall–Kier alpha value is -5.45. The predicted molar refractivity (Wildman–Crippen MR) is 180 cm³/mol. The number of pyridine rings is 3. The summed E-state index contributed by atoms with van der Waals surface area (Å²) in [5, 5.41) is 3.20. The van der Waals surface area contributed by atoms with Crippen molar-refractivity contribution in [2.45, 2.75) is 45.7 Å². The number of hydrogen-bond acceptors (Lipinski definition) is 8. The second-order valence-corrected chi connectivity index (χ2v) is 11.8. The maximum absolute atomic E-state index is 13.6. The lowest BCUT2D eigenvalue weighted by Gasteiger charge is -2.27. The van der Waals surface area contributed by atoms with E-state index >= 15 is 0 Å². The molecule has 48 heavy (non-hydrogen) atoms. The third-order valence-corrected chi connectivity index (χ3v) is 8.45. The summed E-state index contributed by atoms with van der Waals surface area (Å²) < 4.78 is 37.9. The third-order valence-electron chi connectivity index (χ3n) is 8.45. The maximum Gasteiger partial charge on any atom is 0.260 e. The van der Waals surface area contributed by atoms with Crippen LogP contribution in [0.4, 0.5) is 20.4 Å². The van der Waals surface area contributed by atoms with Crippen LogP contribution in [0.1, 0.15) is 46.9 Å². The maximum atomic E-state index is 13.6. The van der Waals surface area contributed by atoms with Gasteiger partial charge in [0.15, 0.2) is 5.78 Å². The Morgan fingerprint density at radius 1 is 0.896 bits per heavy atom. The van der Waals surface area contributed by atoms with Crippen LogP contribution in [0.5, 0.6) is 11.5 Å². The lowest BCUT2D eigenvalue weighted by molar-refractivity contribution is -0.119. The monoisotopic (exact) mass is 651 g/mol. The summed E-state index contributed by atoms with van der Waals surface area (Å²) in [6.07, 6.45) is 3.13. The van der Waals surface area contributed by atoms with E-state index < -0.39 is 24.2 Å². The van der Waals surface area contributed by atoms with Gasteiger partial charge in [0, 0.05) is 60.9 Å². The highest BCUT2D eigenvalue weighted by molar-refractivity contribution is 5.98. The number of benzene rings is 2. The molecule has 6 rings (SSSR count). The van der Waals surface area contributed by atoms with Crippen molar-refractivity contribution in [1.82, 2.24) is 15.0 Å². The quantitative estimate of drug-likeness (QED) is 0.139. The van der Waals surface area contributed by atoms with Crippen LogP contribution in [0.2, 0.25) is 0 Å².